The van der Waals surface area contributed by atoms with Crippen LogP contribution in [-0.4, -0.2) is 59.5 Å². The molecule has 1 unspecified atom stereocenters. The lowest BCUT2D eigenvalue weighted by Crippen LogP contribution is -2.43. The minimum atomic E-state index is -0.441. The molecule has 36 heavy (non-hydrogen) atoms. The van der Waals surface area contributed by atoms with Crippen LogP contribution in [0, 0.1) is 5.82 Å². The maximum atomic E-state index is 13.5. The highest BCUT2D eigenvalue weighted by atomic mass is 35.5. The summed E-state index contributed by atoms with van der Waals surface area (Å²) in [6.07, 6.45) is 3.55. The average Bonchev–Trinajstić information content (AvgIpc) is 3.10. The molecule has 2 fully saturated rings. The van der Waals surface area contributed by atoms with Crippen LogP contribution in [0.5, 0.6) is 5.75 Å². The number of anilines is 1. The maximum absolute atomic E-state index is 13.5. The predicted octanol–water partition coefficient (Wildman–Crippen LogP) is 4.77. The van der Waals surface area contributed by atoms with E-state index < -0.39 is 5.82 Å². The second-order valence-corrected chi connectivity index (χ2v) is 9.72. The van der Waals surface area contributed by atoms with E-state index in [1.807, 2.05) is 47.4 Å². The third-order valence-electron chi connectivity index (χ3n) is 6.89. The van der Waals surface area contributed by atoms with Crippen LogP contribution in [0.25, 0.3) is 0 Å². The van der Waals surface area contributed by atoms with E-state index in [0.717, 1.165) is 61.7 Å². The van der Waals surface area contributed by atoms with E-state index in [9.17, 15) is 9.18 Å². The van der Waals surface area contributed by atoms with Gasteiger partial charge in [0, 0.05) is 39.3 Å². The molecule has 3 heterocycles. The molecule has 2 saturated heterocycles. The first kappa shape index (κ1) is 24.5. The van der Waals surface area contributed by atoms with Crippen LogP contribution >= 0.6 is 11.6 Å². The van der Waals surface area contributed by atoms with Crippen molar-refractivity contribution in [3.63, 3.8) is 0 Å². The van der Waals surface area contributed by atoms with Gasteiger partial charge in [0.05, 0.1) is 17.3 Å². The van der Waals surface area contributed by atoms with Crippen molar-refractivity contribution in [2.75, 3.05) is 37.6 Å². The molecule has 1 aromatic heterocycles. The molecule has 0 saturated carbocycles. The molecule has 0 bridgehead atoms. The predicted molar refractivity (Wildman–Crippen MR) is 139 cm³/mol. The Bertz CT molecular complexity index is 1180. The molecule has 0 radical (unpaired) electrons. The molecule has 2 aromatic carbocycles. The van der Waals surface area contributed by atoms with Crippen molar-refractivity contribution < 1.29 is 13.9 Å². The summed E-state index contributed by atoms with van der Waals surface area (Å²) in [6, 6.07) is 18.6. The molecule has 2 aliphatic heterocycles. The van der Waals surface area contributed by atoms with Gasteiger partial charge >= 0.3 is 0 Å². The summed E-state index contributed by atoms with van der Waals surface area (Å²) >= 11 is 5.91. The summed E-state index contributed by atoms with van der Waals surface area (Å²) < 4.78 is 19.3. The van der Waals surface area contributed by atoms with E-state index in [4.69, 9.17) is 16.3 Å². The number of hydrogen-bond acceptors (Lipinski definition) is 5. The first-order valence-electron chi connectivity index (χ1n) is 12.4. The van der Waals surface area contributed by atoms with Crippen molar-refractivity contribution in [3.8, 4) is 5.75 Å². The number of hydrogen-bond donors (Lipinski definition) is 0. The second-order valence-electron chi connectivity index (χ2n) is 9.32. The summed E-state index contributed by atoms with van der Waals surface area (Å²) in [5.41, 5.74) is 1.97. The number of pyridine rings is 1. The molecule has 1 amide bonds. The highest BCUT2D eigenvalue weighted by molar-refractivity contribution is 6.30. The van der Waals surface area contributed by atoms with E-state index in [1.54, 1.807) is 18.3 Å². The lowest BCUT2D eigenvalue weighted by Gasteiger charge is -2.27. The van der Waals surface area contributed by atoms with Gasteiger partial charge in [-0.05, 0) is 48.2 Å². The fourth-order valence-corrected chi connectivity index (χ4v) is 5.14. The second kappa shape index (κ2) is 11.3. The monoisotopic (exact) mass is 508 g/mol. The van der Waals surface area contributed by atoms with Gasteiger partial charge in [-0.25, -0.2) is 9.37 Å². The Morgan fingerprint density at radius 1 is 0.972 bits per heavy atom. The zero-order valence-electron chi connectivity index (χ0n) is 20.2. The third-order valence-corrected chi connectivity index (χ3v) is 7.18. The molecule has 1 atom stereocenters. The average molecular weight is 509 g/mol. The molecule has 2 aliphatic rings. The SMILES string of the molecule is O=C1C(N2CCCN(c3ccc(OCc4ccccc4)cn3)CC2)CCN1Cc1ccc(F)c(Cl)c1. The summed E-state index contributed by atoms with van der Waals surface area (Å²) in [5, 5.41) is 0.0905. The Balaban J connectivity index is 1.14. The van der Waals surface area contributed by atoms with Gasteiger partial charge in [-0.15, -0.1) is 0 Å². The number of amides is 1. The topological polar surface area (TPSA) is 48.9 Å². The molecule has 0 aliphatic carbocycles. The zero-order valence-corrected chi connectivity index (χ0v) is 20.9. The number of ether oxygens (including phenoxy) is 1. The summed E-state index contributed by atoms with van der Waals surface area (Å²) in [4.78, 5) is 24.2. The van der Waals surface area contributed by atoms with Gasteiger partial charge in [0.25, 0.3) is 0 Å². The van der Waals surface area contributed by atoms with E-state index in [0.29, 0.717) is 19.7 Å². The first-order chi connectivity index (χ1) is 17.6. The quantitative estimate of drug-likeness (QED) is 0.460. The number of halogens is 2. The highest BCUT2D eigenvalue weighted by Gasteiger charge is 2.36. The van der Waals surface area contributed by atoms with Crippen LogP contribution < -0.4 is 9.64 Å². The number of rotatable bonds is 7. The molecule has 0 N–H and O–H groups in total. The third kappa shape index (κ3) is 5.79. The molecule has 5 rings (SSSR count). The molecule has 3 aromatic rings. The zero-order chi connectivity index (χ0) is 24.9. The minimum absolute atomic E-state index is 0.0905. The van der Waals surface area contributed by atoms with Crippen molar-refractivity contribution in [1.82, 2.24) is 14.8 Å². The number of benzene rings is 2. The lowest BCUT2D eigenvalue weighted by molar-refractivity contribution is -0.132. The summed E-state index contributed by atoms with van der Waals surface area (Å²) in [7, 11) is 0. The largest absolute Gasteiger partial charge is 0.487 e. The number of nitrogens with zero attached hydrogens (tertiary/aromatic N) is 4. The van der Waals surface area contributed by atoms with Crippen LogP contribution in [0.15, 0.2) is 66.9 Å². The Labute approximate surface area is 216 Å². The van der Waals surface area contributed by atoms with Crippen LogP contribution in [0.2, 0.25) is 5.02 Å². The van der Waals surface area contributed by atoms with Gasteiger partial charge in [-0.1, -0.05) is 48.0 Å². The van der Waals surface area contributed by atoms with Gasteiger partial charge in [0.2, 0.25) is 5.91 Å². The molecule has 6 nitrogen and oxygen atoms in total. The summed E-state index contributed by atoms with van der Waals surface area (Å²) in [6.45, 7) is 5.06. The van der Waals surface area contributed by atoms with Crippen molar-refractivity contribution >= 4 is 23.3 Å². The number of aromatic nitrogens is 1. The molecular formula is C28H30ClFN4O2. The summed E-state index contributed by atoms with van der Waals surface area (Å²) in [5.74, 6) is 1.38. The van der Waals surface area contributed by atoms with E-state index in [1.165, 1.54) is 6.07 Å². The number of likely N-dealkylation sites (tertiary alicyclic amines) is 1. The smallest absolute Gasteiger partial charge is 0.240 e. The van der Waals surface area contributed by atoms with Crippen molar-refractivity contribution in [3.05, 3.63) is 88.8 Å². The van der Waals surface area contributed by atoms with Crippen molar-refractivity contribution in [1.29, 1.82) is 0 Å². The molecule has 8 heteroatoms. The number of carbonyl (C=O) groups is 1. The lowest BCUT2D eigenvalue weighted by atomic mass is 10.2. The highest BCUT2D eigenvalue weighted by Crippen LogP contribution is 2.24. The number of carbonyl (C=O) groups excluding carboxylic acids is 1. The van der Waals surface area contributed by atoms with Gasteiger partial charge < -0.3 is 14.5 Å². The molecule has 188 valence electrons. The van der Waals surface area contributed by atoms with Crippen LogP contribution in [0.3, 0.4) is 0 Å². The van der Waals surface area contributed by atoms with E-state index in [2.05, 4.69) is 14.8 Å². The Kier molecular flexibility index (Phi) is 7.68. The standard InChI is InChI=1S/C28H30ClFN4O2/c29-24-17-22(7-9-25(24)30)19-34-14-11-26(28(34)35)32-12-4-13-33(16-15-32)27-10-8-23(18-31-27)36-20-21-5-2-1-3-6-21/h1-3,5-10,17-18,26H,4,11-16,19-20H2. The van der Waals surface area contributed by atoms with Crippen molar-refractivity contribution in [2.24, 2.45) is 0 Å². The van der Waals surface area contributed by atoms with Gasteiger partial charge in [-0.2, -0.15) is 0 Å². The fourth-order valence-electron chi connectivity index (χ4n) is 4.94. The van der Waals surface area contributed by atoms with Crippen molar-refractivity contribution in [2.45, 2.75) is 32.0 Å². The molecule has 0 spiro atoms. The normalized spacial score (nSPS) is 18.9. The Hall–Kier alpha value is -3.16. The van der Waals surface area contributed by atoms with Crippen LogP contribution in [-0.2, 0) is 17.9 Å². The maximum Gasteiger partial charge on any atom is 0.240 e. The molecular weight excluding hydrogens is 479 g/mol. The van der Waals surface area contributed by atoms with E-state index >= 15 is 0 Å². The Morgan fingerprint density at radius 2 is 1.83 bits per heavy atom. The Morgan fingerprint density at radius 3 is 2.61 bits per heavy atom. The van der Waals surface area contributed by atoms with Gasteiger partial charge in [0.15, 0.2) is 0 Å². The minimum Gasteiger partial charge on any atom is -0.487 e. The van der Waals surface area contributed by atoms with Gasteiger partial charge in [-0.3, -0.25) is 9.69 Å². The van der Waals surface area contributed by atoms with Gasteiger partial charge in [0.1, 0.15) is 24.0 Å². The fraction of sp³-hybridized carbons (Fsp3) is 0.357. The van der Waals surface area contributed by atoms with E-state index in [-0.39, 0.29) is 17.0 Å². The van der Waals surface area contributed by atoms with Crippen LogP contribution in [0.1, 0.15) is 24.0 Å². The first-order valence-corrected chi connectivity index (χ1v) is 12.8. The van der Waals surface area contributed by atoms with Crippen LogP contribution in [0.4, 0.5) is 10.2 Å².